The van der Waals surface area contributed by atoms with E-state index in [1.807, 2.05) is 6.20 Å². The van der Waals surface area contributed by atoms with Crippen LogP contribution in [0.15, 0.2) is 10.1 Å². The van der Waals surface area contributed by atoms with E-state index in [9.17, 15) is 0 Å². The topological polar surface area (TPSA) is 12.9 Å². The Balaban J connectivity index is 2.96. The van der Waals surface area contributed by atoms with Gasteiger partial charge in [-0.15, -0.1) is 11.3 Å². The van der Waals surface area contributed by atoms with Crippen LogP contribution in [0.2, 0.25) is 19.6 Å². The molecule has 0 amide bonds. The molecule has 1 aromatic rings. The van der Waals surface area contributed by atoms with Gasteiger partial charge >= 0.3 is 0 Å². The zero-order chi connectivity index (χ0) is 7.78. The summed E-state index contributed by atoms with van der Waals surface area (Å²) in [5, 5.41) is 0. The van der Waals surface area contributed by atoms with Crippen LogP contribution in [-0.4, -0.2) is 13.1 Å². The summed E-state index contributed by atoms with van der Waals surface area (Å²) >= 11 is 5.12. The number of hydrogen-bond donors (Lipinski definition) is 0. The third-order valence-electron chi connectivity index (χ3n) is 1.22. The predicted molar refractivity (Wildman–Crippen MR) is 52.8 cm³/mol. The van der Waals surface area contributed by atoms with Crippen molar-refractivity contribution in [3.05, 3.63) is 10.1 Å². The average molecular weight is 236 g/mol. The highest BCUT2D eigenvalue weighted by molar-refractivity contribution is 9.11. The van der Waals surface area contributed by atoms with Gasteiger partial charge in [0, 0.05) is 10.7 Å². The second kappa shape index (κ2) is 2.75. The van der Waals surface area contributed by atoms with Crippen LogP contribution in [0.3, 0.4) is 0 Å². The van der Waals surface area contributed by atoms with Crippen LogP contribution in [0, 0.1) is 0 Å². The number of nitrogens with zero attached hydrogens (tertiary/aromatic N) is 1. The van der Waals surface area contributed by atoms with Crippen molar-refractivity contribution in [3.63, 3.8) is 0 Å². The third kappa shape index (κ3) is 1.90. The first-order chi connectivity index (χ1) is 4.50. The van der Waals surface area contributed by atoms with Gasteiger partial charge in [-0.05, 0) is 15.9 Å². The molecule has 1 rings (SSSR count). The van der Waals surface area contributed by atoms with Crippen LogP contribution in [0.1, 0.15) is 0 Å². The van der Waals surface area contributed by atoms with E-state index in [-0.39, 0.29) is 0 Å². The summed E-state index contributed by atoms with van der Waals surface area (Å²) in [6.45, 7) is 6.98. The van der Waals surface area contributed by atoms with Gasteiger partial charge in [0.1, 0.15) is 0 Å². The van der Waals surface area contributed by atoms with Crippen molar-refractivity contribution in [1.29, 1.82) is 0 Å². The van der Waals surface area contributed by atoms with Gasteiger partial charge in [-0.3, -0.25) is 0 Å². The van der Waals surface area contributed by atoms with E-state index in [2.05, 4.69) is 40.6 Å². The van der Waals surface area contributed by atoms with Crippen LogP contribution >= 0.6 is 27.3 Å². The summed E-state index contributed by atoms with van der Waals surface area (Å²) in [5.74, 6) is 0. The first-order valence-corrected chi connectivity index (χ1v) is 8.23. The second-order valence-electron chi connectivity index (χ2n) is 3.23. The van der Waals surface area contributed by atoms with E-state index >= 15 is 0 Å². The minimum Gasteiger partial charge on any atom is -0.238 e. The van der Waals surface area contributed by atoms with Gasteiger partial charge in [-0.1, -0.05) is 19.6 Å². The molecule has 56 valence electrons. The molecule has 1 aromatic heterocycles. The molecule has 0 unspecified atom stereocenters. The molecule has 1 nitrogen and oxygen atoms in total. The highest BCUT2D eigenvalue weighted by Crippen LogP contribution is 2.14. The summed E-state index contributed by atoms with van der Waals surface area (Å²) in [4.78, 5) is 4.15. The van der Waals surface area contributed by atoms with Crippen molar-refractivity contribution in [3.8, 4) is 0 Å². The van der Waals surface area contributed by atoms with Gasteiger partial charge in [0.15, 0.2) is 3.92 Å². The molecule has 0 aromatic carbocycles. The monoisotopic (exact) mass is 235 g/mol. The highest BCUT2D eigenvalue weighted by Gasteiger charge is 2.18. The SMILES string of the molecule is C[Si](C)(C)c1cnc(Br)s1. The molecule has 0 radical (unpaired) electrons. The van der Waals surface area contributed by atoms with Crippen molar-refractivity contribution in [2.45, 2.75) is 19.6 Å². The fourth-order valence-corrected chi connectivity index (χ4v) is 4.03. The van der Waals surface area contributed by atoms with Crippen LogP contribution in [0.5, 0.6) is 0 Å². The summed E-state index contributed by atoms with van der Waals surface area (Å²) in [7, 11) is -1.09. The van der Waals surface area contributed by atoms with Gasteiger partial charge in [0.25, 0.3) is 0 Å². The fourth-order valence-electron chi connectivity index (χ4n) is 0.600. The standard InChI is InChI=1S/C6H10BrNSSi/c1-10(2,3)5-4-8-6(7)9-5/h4H,1-3H3. The molecule has 0 bridgehead atoms. The molecule has 0 aliphatic rings. The van der Waals surface area contributed by atoms with Crippen molar-refractivity contribution in [2.24, 2.45) is 0 Å². The van der Waals surface area contributed by atoms with Crippen LogP contribution in [0.25, 0.3) is 0 Å². The lowest BCUT2D eigenvalue weighted by atomic mass is 11.0. The first kappa shape index (κ1) is 8.42. The highest BCUT2D eigenvalue weighted by atomic mass is 79.9. The van der Waals surface area contributed by atoms with Crippen molar-refractivity contribution in [1.82, 2.24) is 4.98 Å². The molecular formula is C6H10BrNSSi. The van der Waals surface area contributed by atoms with Gasteiger partial charge < -0.3 is 0 Å². The van der Waals surface area contributed by atoms with E-state index in [4.69, 9.17) is 0 Å². The van der Waals surface area contributed by atoms with Crippen LogP contribution in [-0.2, 0) is 0 Å². The molecule has 10 heavy (non-hydrogen) atoms. The Morgan fingerprint density at radius 2 is 2.10 bits per heavy atom. The summed E-state index contributed by atoms with van der Waals surface area (Å²) in [5.41, 5.74) is 0. The van der Waals surface area contributed by atoms with E-state index in [0.29, 0.717) is 0 Å². The Morgan fingerprint density at radius 3 is 2.30 bits per heavy atom. The van der Waals surface area contributed by atoms with Crippen LogP contribution < -0.4 is 4.50 Å². The number of thiazole rings is 1. The molecule has 0 atom stereocenters. The first-order valence-electron chi connectivity index (χ1n) is 3.12. The van der Waals surface area contributed by atoms with Gasteiger partial charge in [0.05, 0.1) is 8.07 Å². The van der Waals surface area contributed by atoms with Crippen molar-refractivity contribution < 1.29 is 0 Å². The third-order valence-corrected chi connectivity index (χ3v) is 6.26. The zero-order valence-electron chi connectivity index (χ0n) is 6.31. The second-order valence-corrected chi connectivity index (χ2v) is 10.9. The fraction of sp³-hybridized carbons (Fsp3) is 0.500. The molecule has 0 spiro atoms. The Kier molecular flexibility index (Phi) is 2.32. The molecule has 4 heteroatoms. The summed E-state index contributed by atoms with van der Waals surface area (Å²) in [6, 6.07) is 0. The average Bonchev–Trinajstić information content (AvgIpc) is 2.11. The summed E-state index contributed by atoms with van der Waals surface area (Å²) in [6.07, 6.45) is 1.99. The molecule has 1 heterocycles. The normalized spacial score (nSPS) is 12.0. The van der Waals surface area contributed by atoms with Gasteiger partial charge in [-0.25, -0.2) is 4.98 Å². The maximum Gasteiger partial charge on any atom is 0.158 e. The number of hydrogen-bond acceptors (Lipinski definition) is 2. The minimum atomic E-state index is -1.09. The largest absolute Gasteiger partial charge is 0.238 e. The van der Waals surface area contributed by atoms with E-state index < -0.39 is 8.07 Å². The van der Waals surface area contributed by atoms with Gasteiger partial charge in [0.2, 0.25) is 0 Å². The number of aromatic nitrogens is 1. The molecule has 0 aliphatic carbocycles. The Labute approximate surface area is 74.6 Å². The molecule has 0 saturated heterocycles. The van der Waals surface area contributed by atoms with Crippen LogP contribution in [0.4, 0.5) is 0 Å². The molecular weight excluding hydrogens is 226 g/mol. The Bertz CT molecular complexity index is 228. The quantitative estimate of drug-likeness (QED) is 0.682. The summed E-state index contributed by atoms with van der Waals surface area (Å²) < 4.78 is 2.46. The lowest BCUT2D eigenvalue weighted by molar-refractivity contribution is 1.39. The van der Waals surface area contributed by atoms with Crippen molar-refractivity contribution in [2.75, 3.05) is 0 Å². The smallest absolute Gasteiger partial charge is 0.158 e. The zero-order valence-corrected chi connectivity index (χ0v) is 9.71. The minimum absolute atomic E-state index is 1.00. The molecule has 0 saturated carbocycles. The lowest BCUT2D eigenvalue weighted by Crippen LogP contribution is -2.34. The number of rotatable bonds is 1. The maximum absolute atomic E-state index is 4.15. The van der Waals surface area contributed by atoms with Gasteiger partial charge in [-0.2, -0.15) is 0 Å². The molecule has 0 N–H and O–H groups in total. The maximum atomic E-state index is 4.15. The lowest BCUT2D eigenvalue weighted by Gasteiger charge is -2.10. The van der Waals surface area contributed by atoms with E-state index in [0.717, 1.165) is 3.92 Å². The van der Waals surface area contributed by atoms with E-state index in [1.165, 1.54) is 4.50 Å². The van der Waals surface area contributed by atoms with E-state index in [1.54, 1.807) is 11.3 Å². The Morgan fingerprint density at radius 1 is 1.50 bits per heavy atom. The van der Waals surface area contributed by atoms with Crippen molar-refractivity contribution >= 4 is 39.8 Å². The Hall–Kier alpha value is 0.327. The predicted octanol–water partition coefficient (Wildman–Crippen LogP) is 2.45. The molecule has 0 fully saturated rings. The number of halogens is 1. The molecule has 0 aliphatic heterocycles.